The van der Waals surface area contributed by atoms with E-state index in [2.05, 4.69) is 58.1 Å². The van der Waals surface area contributed by atoms with Crippen molar-refractivity contribution in [3.8, 4) is 0 Å². The standard InChI is InChI=1S/C19H23N3/c1-15-6-2-3-7-16(15)11-22-18-10-19(22)14-21(13-18)12-17-8-4-5-9-20-17/h2-9,18-19H,10-14H2,1H3. The van der Waals surface area contributed by atoms with Crippen LogP contribution in [0.5, 0.6) is 0 Å². The van der Waals surface area contributed by atoms with E-state index >= 15 is 0 Å². The Bertz CT molecular complexity index is 628. The predicted molar refractivity (Wildman–Crippen MR) is 88.4 cm³/mol. The summed E-state index contributed by atoms with van der Waals surface area (Å²) < 4.78 is 0. The van der Waals surface area contributed by atoms with Crippen molar-refractivity contribution >= 4 is 0 Å². The second-order valence-electron chi connectivity index (χ2n) is 6.66. The first-order chi connectivity index (χ1) is 10.8. The molecule has 4 heterocycles. The molecule has 3 heteroatoms. The molecule has 0 spiro atoms. The number of pyridine rings is 1. The van der Waals surface area contributed by atoms with Gasteiger partial charge in [0.1, 0.15) is 0 Å². The Morgan fingerprint density at radius 2 is 1.77 bits per heavy atom. The lowest BCUT2D eigenvalue weighted by molar-refractivity contribution is -0.0778. The van der Waals surface area contributed by atoms with Gasteiger partial charge in [-0.15, -0.1) is 0 Å². The van der Waals surface area contributed by atoms with Crippen molar-refractivity contribution in [2.45, 2.75) is 38.5 Å². The zero-order valence-corrected chi connectivity index (χ0v) is 13.2. The fourth-order valence-electron chi connectivity index (χ4n) is 3.87. The van der Waals surface area contributed by atoms with Crippen LogP contribution in [-0.2, 0) is 13.1 Å². The molecule has 114 valence electrons. The summed E-state index contributed by atoms with van der Waals surface area (Å²) in [5, 5.41) is 0. The summed E-state index contributed by atoms with van der Waals surface area (Å²) in [6.45, 7) is 6.68. The molecule has 2 atom stereocenters. The van der Waals surface area contributed by atoms with Gasteiger partial charge in [0.25, 0.3) is 0 Å². The summed E-state index contributed by atoms with van der Waals surface area (Å²) in [6, 6.07) is 16.4. The van der Waals surface area contributed by atoms with E-state index in [1.54, 1.807) is 0 Å². The van der Waals surface area contributed by atoms with Crippen LogP contribution in [-0.4, -0.2) is 40.0 Å². The number of piperidine rings is 1. The molecule has 0 aliphatic carbocycles. The molecule has 2 unspecified atom stereocenters. The first-order valence-corrected chi connectivity index (χ1v) is 8.22. The average molecular weight is 293 g/mol. The van der Waals surface area contributed by atoms with Crippen molar-refractivity contribution in [3.05, 3.63) is 65.5 Å². The van der Waals surface area contributed by atoms with Crippen LogP contribution in [0.4, 0.5) is 0 Å². The SMILES string of the molecule is Cc1ccccc1CN1C2CC1CN(Cc1ccccn1)C2. The van der Waals surface area contributed by atoms with Crippen molar-refractivity contribution in [3.63, 3.8) is 0 Å². The molecule has 22 heavy (non-hydrogen) atoms. The Balaban J connectivity index is 1.38. The van der Waals surface area contributed by atoms with E-state index in [4.69, 9.17) is 0 Å². The molecule has 0 saturated carbocycles. The molecule has 3 fully saturated rings. The summed E-state index contributed by atoms with van der Waals surface area (Å²) in [5.41, 5.74) is 4.09. The number of hydrogen-bond acceptors (Lipinski definition) is 3. The lowest BCUT2D eigenvalue weighted by Crippen LogP contribution is -2.67. The molecular formula is C19H23N3. The zero-order chi connectivity index (χ0) is 14.9. The van der Waals surface area contributed by atoms with E-state index in [0.717, 1.165) is 25.2 Å². The fraction of sp³-hybridized carbons (Fsp3) is 0.421. The van der Waals surface area contributed by atoms with Crippen LogP contribution < -0.4 is 0 Å². The fourth-order valence-corrected chi connectivity index (χ4v) is 3.87. The monoisotopic (exact) mass is 293 g/mol. The molecule has 2 aromatic rings. The maximum atomic E-state index is 4.46. The minimum Gasteiger partial charge on any atom is -0.294 e. The molecule has 3 aliphatic heterocycles. The first kappa shape index (κ1) is 13.9. The van der Waals surface area contributed by atoms with E-state index in [1.807, 2.05) is 12.3 Å². The Kier molecular flexibility index (Phi) is 3.68. The van der Waals surface area contributed by atoms with Gasteiger partial charge >= 0.3 is 0 Å². The normalized spacial score (nSPS) is 25.0. The van der Waals surface area contributed by atoms with Gasteiger partial charge < -0.3 is 0 Å². The molecule has 0 N–H and O–H groups in total. The molecule has 0 radical (unpaired) electrons. The van der Waals surface area contributed by atoms with Gasteiger partial charge in [-0.25, -0.2) is 0 Å². The van der Waals surface area contributed by atoms with E-state index in [9.17, 15) is 0 Å². The molecular weight excluding hydrogens is 270 g/mol. The van der Waals surface area contributed by atoms with E-state index in [1.165, 1.54) is 36.3 Å². The van der Waals surface area contributed by atoms with Gasteiger partial charge in [-0.3, -0.25) is 14.8 Å². The van der Waals surface area contributed by atoms with Gasteiger partial charge in [-0.2, -0.15) is 0 Å². The van der Waals surface area contributed by atoms with Gasteiger partial charge in [-0.05, 0) is 36.6 Å². The van der Waals surface area contributed by atoms with Crippen molar-refractivity contribution < 1.29 is 0 Å². The number of nitrogens with zero attached hydrogens (tertiary/aromatic N) is 3. The molecule has 5 rings (SSSR count). The van der Waals surface area contributed by atoms with E-state index in [-0.39, 0.29) is 0 Å². The zero-order valence-electron chi connectivity index (χ0n) is 13.2. The first-order valence-electron chi connectivity index (χ1n) is 8.22. The minimum atomic E-state index is 0.724. The summed E-state index contributed by atoms with van der Waals surface area (Å²) in [5.74, 6) is 0. The lowest BCUT2D eigenvalue weighted by Gasteiger charge is -2.56. The summed E-state index contributed by atoms with van der Waals surface area (Å²) >= 11 is 0. The van der Waals surface area contributed by atoms with Crippen molar-refractivity contribution in [1.29, 1.82) is 0 Å². The van der Waals surface area contributed by atoms with Crippen LogP contribution in [0.25, 0.3) is 0 Å². The molecule has 3 nitrogen and oxygen atoms in total. The van der Waals surface area contributed by atoms with Crippen LogP contribution >= 0.6 is 0 Å². The second kappa shape index (κ2) is 5.82. The third-order valence-electron chi connectivity index (χ3n) is 5.15. The maximum Gasteiger partial charge on any atom is 0.0543 e. The maximum absolute atomic E-state index is 4.46. The number of aryl methyl sites for hydroxylation is 1. The molecule has 3 aliphatic rings. The number of hydrogen-bond donors (Lipinski definition) is 0. The highest BCUT2D eigenvalue weighted by Crippen LogP contribution is 2.34. The molecule has 1 aromatic heterocycles. The topological polar surface area (TPSA) is 19.4 Å². The van der Waals surface area contributed by atoms with Crippen molar-refractivity contribution in [1.82, 2.24) is 14.8 Å². The van der Waals surface area contributed by atoms with Gasteiger partial charge in [0.05, 0.1) is 5.69 Å². The van der Waals surface area contributed by atoms with E-state index < -0.39 is 0 Å². The van der Waals surface area contributed by atoms with Gasteiger partial charge in [0.2, 0.25) is 0 Å². The highest BCUT2D eigenvalue weighted by Gasteiger charge is 2.44. The Labute approximate surface area is 132 Å². The van der Waals surface area contributed by atoms with Gasteiger partial charge in [-0.1, -0.05) is 30.3 Å². The lowest BCUT2D eigenvalue weighted by atomic mass is 9.86. The molecule has 1 aromatic carbocycles. The van der Waals surface area contributed by atoms with Gasteiger partial charge in [0.15, 0.2) is 0 Å². The minimum absolute atomic E-state index is 0.724. The summed E-state index contributed by atoms with van der Waals surface area (Å²) in [4.78, 5) is 9.71. The van der Waals surface area contributed by atoms with Crippen LogP contribution in [0.2, 0.25) is 0 Å². The predicted octanol–water partition coefficient (Wildman–Crippen LogP) is 2.85. The van der Waals surface area contributed by atoms with Crippen LogP contribution in [0, 0.1) is 6.92 Å². The Hall–Kier alpha value is -1.71. The third-order valence-corrected chi connectivity index (χ3v) is 5.15. The van der Waals surface area contributed by atoms with Crippen LogP contribution in [0.3, 0.4) is 0 Å². The number of fused-ring (bicyclic) bond motifs is 2. The number of benzene rings is 1. The Morgan fingerprint density at radius 3 is 2.50 bits per heavy atom. The quantitative estimate of drug-likeness (QED) is 0.864. The van der Waals surface area contributed by atoms with Gasteiger partial charge in [0, 0.05) is 44.5 Å². The van der Waals surface area contributed by atoms with Crippen LogP contribution in [0.1, 0.15) is 23.2 Å². The molecule has 3 saturated heterocycles. The number of rotatable bonds is 4. The van der Waals surface area contributed by atoms with Crippen molar-refractivity contribution in [2.24, 2.45) is 0 Å². The highest BCUT2D eigenvalue weighted by molar-refractivity contribution is 5.26. The molecule has 2 bridgehead atoms. The Morgan fingerprint density at radius 1 is 1.00 bits per heavy atom. The van der Waals surface area contributed by atoms with Crippen molar-refractivity contribution in [2.75, 3.05) is 13.1 Å². The smallest absolute Gasteiger partial charge is 0.0543 e. The third kappa shape index (κ3) is 2.67. The largest absolute Gasteiger partial charge is 0.294 e. The number of aromatic nitrogens is 1. The van der Waals surface area contributed by atoms with Crippen LogP contribution in [0.15, 0.2) is 48.7 Å². The highest BCUT2D eigenvalue weighted by atomic mass is 15.4. The summed E-state index contributed by atoms with van der Waals surface area (Å²) in [7, 11) is 0. The molecule has 0 amide bonds. The number of piperazine rings is 1. The average Bonchev–Trinajstić information content (AvgIpc) is 2.55. The second-order valence-corrected chi connectivity index (χ2v) is 6.66. The summed E-state index contributed by atoms with van der Waals surface area (Å²) in [6.07, 6.45) is 3.26. The van der Waals surface area contributed by atoms with E-state index in [0.29, 0.717) is 0 Å².